The largest absolute Gasteiger partial charge is 0.454 e. The first-order chi connectivity index (χ1) is 13.1. The van der Waals surface area contributed by atoms with Gasteiger partial charge in [-0.3, -0.25) is 4.79 Å². The van der Waals surface area contributed by atoms with Gasteiger partial charge in [0.25, 0.3) is 5.56 Å². The molecular weight excluding hydrogens is 348 g/mol. The molecule has 0 radical (unpaired) electrons. The van der Waals surface area contributed by atoms with Gasteiger partial charge < -0.3 is 18.6 Å². The molecule has 0 spiro atoms. The van der Waals surface area contributed by atoms with Crippen molar-refractivity contribution in [1.29, 1.82) is 0 Å². The van der Waals surface area contributed by atoms with Crippen LogP contribution in [-0.2, 0) is 6.54 Å². The summed E-state index contributed by atoms with van der Waals surface area (Å²) in [6, 6.07) is 7.39. The summed E-state index contributed by atoms with van der Waals surface area (Å²) in [5, 5.41) is 8.47. The molecule has 8 nitrogen and oxygen atoms in total. The van der Waals surface area contributed by atoms with Crippen molar-refractivity contribution in [2.75, 3.05) is 6.79 Å². The molecule has 1 aliphatic rings. The summed E-state index contributed by atoms with van der Waals surface area (Å²) in [5.41, 5.74) is 3.62. The highest BCUT2D eigenvalue weighted by atomic mass is 16.7. The van der Waals surface area contributed by atoms with Gasteiger partial charge in [-0.25, -0.2) is 4.52 Å². The zero-order valence-electron chi connectivity index (χ0n) is 14.8. The molecule has 27 heavy (non-hydrogen) atoms. The van der Waals surface area contributed by atoms with Gasteiger partial charge in [0.05, 0.1) is 17.9 Å². The molecule has 0 atom stereocenters. The minimum absolute atomic E-state index is 0.128. The number of benzene rings is 1. The molecule has 0 unspecified atom stereocenters. The van der Waals surface area contributed by atoms with Gasteiger partial charge in [0.2, 0.25) is 6.79 Å². The van der Waals surface area contributed by atoms with Gasteiger partial charge >= 0.3 is 0 Å². The third-order valence-corrected chi connectivity index (χ3v) is 4.78. The monoisotopic (exact) mass is 364 g/mol. The quantitative estimate of drug-likeness (QED) is 0.555. The van der Waals surface area contributed by atoms with E-state index in [1.807, 2.05) is 32.0 Å². The predicted octanol–water partition coefficient (Wildman–Crippen LogP) is 2.54. The standard InChI is InChI=1S/C19H16N4O4/c1-11-14(12(2)27-21-11)9-22-5-6-23-16(19(22)24)8-15(20-23)13-3-4-17-18(7-13)26-10-25-17/h3-8H,9-10H2,1-2H3. The molecule has 0 aliphatic carbocycles. The Bertz CT molecular complexity index is 1210. The molecule has 1 aliphatic heterocycles. The third kappa shape index (κ3) is 2.49. The van der Waals surface area contributed by atoms with Crippen molar-refractivity contribution in [3.05, 3.63) is 64.0 Å². The Balaban J connectivity index is 1.56. The Morgan fingerprint density at radius 2 is 1.96 bits per heavy atom. The summed E-state index contributed by atoms with van der Waals surface area (Å²) in [6.45, 7) is 4.33. The SMILES string of the molecule is Cc1noc(C)c1Cn1ccn2nc(-c3ccc4c(c3)OCO4)cc2c1=O. The highest BCUT2D eigenvalue weighted by Gasteiger charge is 2.17. The Labute approximate surface area is 153 Å². The van der Waals surface area contributed by atoms with Crippen LogP contribution in [0.2, 0.25) is 0 Å². The molecule has 1 aromatic carbocycles. The van der Waals surface area contributed by atoms with Crippen molar-refractivity contribution < 1.29 is 14.0 Å². The van der Waals surface area contributed by atoms with Crippen molar-refractivity contribution in [3.8, 4) is 22.8 Å². The van der Waals surface area contributed by atoms with E-state index in [0.717, 1.165) is 16.8 Å². The number of fused-ring (bicyclic) bond motifs is 2. The Morgan fingerprint density at radius 1 is 1.11 bits per heavy atom. The van der Waals surface area contributed by atoms with Gasteiger partial charge in [0, 0.05) is 23.5 Å². The minimum atomic E-state index is -0.128. The van der Waals surface area contributed by atoms with E-state index in [4.69, 9.17) is 14.0 Å². The average molecular weight is 364 g/mol. The van der Waals surface area contributed by atoms with Crippen molar-refractivity contribution >= 4 is 5.52 Å². The van der Waals surface area contributed by atoms with E-state index in [0.29, 0.717) is 35.0 Å². The van der Waals surface area contributed by atoms with Crippen LogP contribution in [0.5, 0.6) is 11.5 Å². The van der Waals surface area contributed by atoms with Gasteiger partial charge in [0.1, 0.15) is 11.3 Å². The molecule has 4 heterocycles. The lowest BCUT2D eigenvalue weighted by atomic mass is 10.1. The fourth-order valence-electron chi connectivity index (χ4n) is 3.25. The number of hydrogen-bond donors (Lipinski definition) is 0. The average Bonchev–Trinajstić information content (AvgIpc) is 3.37. The maximum Gasteiger partial charge on any atom is 0.276 e. The molecule has 0 saturated carbocycles. The van der Waals surface area contributed by atoms with Gasteiger partial charge in [0.15, 0.2) is 11.5 Å². The van der Waals surface area contributed by atoms with Crippen LogP contribution in [0.3, 0.4) is 0 Å². The minimum Gasteiger partial charge on any atom is -0.454 e. The van der Waals surface area contributed by atoms with E-state index in [9.17, 15) is 4.79 Å². The lowest BCUT2D eigenvalue weighted by Crippen LogP contribution is -2.22. The highest BCUT2D eigenvalue weighted by molar-refractivity contribution is 5.68. The first-order valence-corrected chi connectivity index (χ1v) is 8.51. The maximum absolute atomic E-state index is 12.9. The summed E-state index contributed by atoms with van der Waals surface area (Å²) in [5.74, 6) is 2.11. The van der Waals surface area contributed by atoms with E-state index < -0.39 is 0 Å². The number of aromatic nitrogens is 4. The van der Waals surface area contributed by atoms with Crippen LogP contribution in [0.1, 0.15) is 17.0 Å². The second-order valence-electron chi connectivity index (χ2n) is 6.46. The first-order valence-electron chi connectivity index (χ1n) is 8.51. The predicted molar refractivity (Wildman–Crippen MR) is 96.1 cm³/mol. The molecule has 8 heteroatoms. The number of hydrogen-bond acceptors (Lipinski definition) is 6. The van der Waals surface area contributed by atoms with Crippen LogP contribution in [-0.4, -0.2) is 26.1 Å². The van der Waals surface area contributed by atoms with Crippen LogP contribution in [0.25, 0.3) is 16.8 Å². The van der Waals surface area contributed by atoms with Crippen LogP contribution in [0.15, 0.2) is 46.0 Å². The second-order valence-corrected chi connectivity index (χ2v) is 6.46. The van der Waals surface area contributed by atoms with Gasteiger partial charge in [-0.2, -0.15) is 5.10 Å². The van der Waals surface area contributed by atoms with Gasteiger partial charge in [-0.1, -0.05) is 5.16 Å². The van der Waals surface area contributed by atoms with E-state index in [-0.39, 0.29) is 12.4 Å². The summed E-state index contributed by atoms with van der Waals surface area (Å²) in [4.78, 5) is 12.9. The topological polar surface area (TPSA) is 83.8 Å². The summed E-state index contributed by atoms with van der Waals surface area (Å²) < 4.78 is 19.2. The molecule has 0 N–H and O–H groups in total. The molecule has 0 amide bonds. The molecule has 0 bridgehead atoms. The molecule has 5 rings (SSSR count). The maximum atomic E-state index is 12.9. The van der Waals surface area contributed by atoms with E-state index in [2.05, 4.69) is 10.3 Å². The van der Waals surface area contributed by atoms with Crippen LogP contribution in [0, 0.1) is 13.8 Å². The fourth-order valence-corrected chi connectivity index (χ4v) is 3.25. The van der Waals surface area contributed by atoms with Gasteiger partial charge in [-0.15, -0.1) is 0 Å². The third-order valence-electron chi connectivity index (χ3n) is 4.78. The van der Waals surface area contributed by atoms with Crippen LogP contribution < -0.4 is 15.0 Å². The van der Waals surface area contributed by atoms with E-state index in [1.165, 1.54) is 0 Å². The lowest BCUT2D eigenvalue weighted by Gasteiger charge is -2.05. The molecule has 3 aromatic heterocycles. The van der Waals surface area contributed by atoms with Crippen molar-refractivity contribution in [2.45, 2.75) is 20.4 Å². The Hall–Kier alpha value is -3.55. The highest BCUT2D eigenvalue weighted by Crippen LogP contribution is 2.35. The molecule has 4 aromatic rings. The Kier molecular flexibility index (Phi) is 3.33. The van der Waals surface area contributed by atoms with E-state index in [1.54, 1.807) is 27.5 Å². The number of aryl methyl sites for hydroxylation is 2. The van der Waals surface area contributed by atoms with Crippen molar-refractivity contribution in [1.82, 2.24) is 19.3 Å². The second kappa shape index (κ2) is 5.73. The van der Waals surface area contributed by atoms with Crippen LogP contribution in [0.4, 0.5) is 0 Å². The zero-order valence-corrected chi connectivity index (χ0v) is 14.8. The molecular formula is C19H16N4O4. The summed E-state index contributed by atoms with van der Waals surface area (Å²) in [7, 11) is 0. The van der Waals surface area contributed by atoms with Crippen LogP contribution >= 0.6 is 0 Å². The zero-order chi connectivity index (χ0) is 18.5. The first kappa shape index (κ1) is 15.7. The summed E-state index contributed by atoms with van der Waals surface area (Å²) in [6.07, 6.45) is 3.49. The summed E-state index contributed by atoms with van der Waals surface area (Å²) >= 11 is 0. The number of rotatable bonds is 3. The normalized spacial score (nSPS) is 12.8. The lowest BCUT2D eigenvalue weighted by molar-refractivity contribution is 0.174. The van der Waals surface area contributed by atoms with E-state index >= 15 is 0 Å². The number of ether oxygens (including phenoxy) is 2. The fraction of sp³-hybridized carbons (Fsp3) is 0.211. The molecule has 0 saturated heterocycles. The Morgan fingerprint density at radius 3 is 2.78 bits per heavy atom. The molecule has 136 valence electrons. The number of nitrogens with zero attached hydrogens (tertiary/aromatic N) is 4. The van der Waals surface area contributed by atoms with Crippen molar-refractivity contribution in [3.63, 3.8) is 0 Å². The van der Waals surface area contributed by atoms with Gasteiger partial charge in [-0.05, 0) is 38.1 Å². The molecule has 0 fully saturated rings. The smallest absolute Gasteiger partial charge is 0.276 e. The van der Waals surface area contributed by atoms with Crippen molar-refractivity contribution in [2.24, 2.45) is 0 Å².